The molecule has 1 unspecified atom stereocenters. The van der Waals surface area contributed by atoms with Crippen molar-refractivity contribution in [3.63, 3.8) is 0 Å². The summed E-state index contributed by atoms with van der Waals surface area (Å²) in [5.74, 6) is 0.422. The van der Waals surface area contributed by atoms with E-state index in [0.29, 0.717) is 6.04 Å². The largest absolute Gasteiger partial charge is 0.368 e. The summed E-state index contributed by atoms with van der Waals surface area (Å²) >= 11 is 0. The Hall–Kier alpha value is -0.610. The minimum atomic E-state index is -0.443. The Bertz CT molecular complexity index is 157. The number of hydrogen-bond donors (Lipinski definition) is 2. The standard InChI is InChI=1S/C8H16N2O2/c1-6(4-7-2-3-7)10-12-5-8(9)11/h6-7,10H,2-5H2,1H3,(H2,9,11). The van der Waals surface area contributed by atoms with E-state index in [1.807, 2.05) is 6.92 Å². The lowest BCUT2D eigenvalue weighted by Crippen LogP contribution is -2.31. The Kier molecular flexibility index (Phi) is 3.49. The molecule has 1 rings (SSSR count). The summed E-state index contributed by atoms with van der Waals surface area (Å²) in [6, 6.07) is 0.317. The Morgan fingerprint density at radius 3 is 2.92 bits per heavy atom. The van der Waals surface area contributed by atoms with Crippen LogP contribution in [-0.4, -0.2) is 18.6 Å². The van der Waals surface area contributed by atoms with Gasteiger partial charge in [0.25, 0.3) is 0 Å². The van der Waals surface area contributed by atoms with Gasteiger partial charge in [-0.2, -0.15) is 5.48 Å². The summed E-state index contributed by atoms with van der Waals surface area (Å²) in [7, 11) is 0. The quantitative estimate of drug-likeness (QED) is 0.562. The van der Waals surface area contributed by atoms with Crippen LogP contribution in [0.25, 0.3) is 0 Å². The van der Waals surface area contributed by atoms with Crippen molar-refractivity contribution in [2.75, 3.05) is 6.61 Å². The molecule has 0 aromatic rings. The minimum Gasteiger partial charge on any atom is -0.368 e. The molecule has 4 nitrogen and oxygen atoms in total. The van der Waals surface area contributed by atoms with Gasteiger partial charge in [0.2, 0.25) is 5.91 Å². The lowest BCUT2D eigenvalue weighted by Gasteiger charge is -2.11. The van der Waals surface area contributed by atoms with Gasteiger partial charge < -0.3 is 5.73 Å². The van der Waals surface area contributed by atoms with E-state index in [9.17, 15) is 4.79 Å². The fourth-order valence-corrected chi connectivity index (χ4v) is 1.16. The maximum absolute atomic E-state index is 10.3. The molecule has 0 radical (unpaired) electrons. The number of amides is 1. The highest BCUT2D eigenvalue weighted by Crippen LogP contribution is 2.33. The molecular formula is C8H16N2O2. The topological polar surface area (TPSA) is 64.3 Å². The summed E-state index contributed by atoms with van der Waals surface area (Å²) in [5, 5.41) is 0. The van der Waals surface area contributed by atoms with Crippen molar-refractivity contribution in [3.05, 3.63) is 0 Å². The Labute approximate surface area is 72.4 Å². The number of carbonyl (C=O) groups is 1. The fourth-order valence-electron chi connectivity index (χ4n) is 1.16. The zero-order valence-corrected chi connectivity index (χ0v) is 7.38. The molecule has 0 aromatic heterocycles. The molecule has 0 aliphatic heterocycles. The van der Waals surface area contributed by atoms with Crippen LogP contribution in [0.15, 0.2) is 0 Å². The molecule has 4 heteroatoms. The SMILES string of the molecule is CC(CC1CC1)NOCC(N)=O. The van der Waals surface area contributed by atoms with Crippen LogP contribution < -0.4 is 11.2 Å². The van der Waals surface area contributed by atoms with Crippen LogP contribution in [0.1, 0.15) is 26.2 Å². The van der Waals surface area contributed by atoms with Gasteiger partial charge in [0.15, 0.2) is 0 Å². The van der Waals surface area contributed by atoms with E-state index < -0.39 is 5.91 Å². The minimum absolute atomic E-state index is 0.0466. The van der Waals surface area contributed by atoms with E-state index in [-0.39, 0.29) is 6.61 Å². The first-order valence-electron chi connectivity index (χ1n) is 4.34. The molecule has 3 N–H and O–H groups in total. The molecule has 1 atom stereocenters. The molecule has 1 fully saturated rings. The van der Waals surface area contributed by atoms with E-state index >= 15 is 0 Å². The lowest BCUT2D eigenvalue weighted by molar-refractivity contribution is -0.126. The second kappa shape index (κ2) is 4.42. The van der Waals surface area contributed by atoms with Crippen LogP contribution in [0, 0.1) is 5.92 Å². The van der Waals surface area contributed by atoms with Crippen LogP contribution in [0.2, 0.25) is 0 Å². The Balaban J connectivity index is 1.93. The third kappa shape index (κ3) is 4.31. The zero-order valence-electron chi connectivity index (χ0n) is 7.38. The molecule has 0 bridgehead atoms. The van der Waals surface area contributed by atoms with Gasteiger partial charge in [0.1, 0.15) is 6.61 Å². The fraction of sp³-hybridized carbons (Fsp3) is 0.875. The molecule has 1 aliphatic carbocycles. The summed E-state index contributed by atoms with van der Waals surface area (Å²) in [6.45, 7) is 1.99. The second-order valence-electron chi connectivity index (χ2n) is 3.45. The van der Waals surface area contributed by atoms with Crippen molar-refractivity contribution < 1.29 is 9.63 Å². The molecule has 0 heterocycles. The molecular weight excluding hydrogens is 156 g/mol. The van der Waals surface area contributed by atoms with Gasteiger partial charge in [-0.15, -0.1) is 0 Å². The highest BCUT2D eigenvalue weighted by molar-refractivity contribution is 5.74. The number of primary amides is 1. The first-order valence-corrected chi connectivity index (χ1v) is 4.34. The van der Waals surface area contributed by atoms with Gasteiger partial charge in [-0.05, 0) is 19.3 Å². The van der Waals surface area contributed by atoms with Gasteiger partial charge in [-0.25, -0.2) is 0 Å². The number of nitrogens with two attached hydrogens (primary N) is 1. The van der Waals surface area contributed by atoms with E-state index in [4.69, 9.17) is 10.6 Å². The van der Waals surface area contributed by atoms with Crippen LogP contribution in [0.5, 0.6) is 0 Å². The van der Waals surface area contributed by atoms with Crippen LogP contribution in [-0.2, 0) is 9.63 Å². The predicted octanol–water partition coefficient (Wildman–Crippen LogP) is 0.182. The average Bonchev–Trinajstić information content (AvgIpc) is 2.70. The van der Waals surface area contributed by atoms with Gasteiger partial charge in [0, 0.05) is 6.04 Å². The highest BCUT2D eigenvalue weighted by Gasteiger charge is 2.23. The van der Waals surface area contributed by atoms with Crippen LogP contribution in [0.3, 0.4) is 0 Å². The van der Waals surface area contributed by atoms with Gasteiger partial charge in [-0.1, -0.05) is 12.8 Å². The summed E-state index contributed by atoms with van der Waals surface area (Å²) < 4.78 is 0. The number of carbonyl (C=O) groups excluding carboxylic acids is 1. The van der Waals surface area contributed by atoms with Crippen molar-refractivity contribution in [1.29, 1.82) is 0 Å². The van der Waals surface area contributed by atoms with E-state index in [1.165, 1.54) is 12.8 Å². The zero-order chi connectivity index (χ0) is 8.97. The van der Waals surface area contributed by atoms with Crippen LogP contribution in [0.4, 0.5) is 0 Å². The molecule has 0 aromatic carbocycles. The normalized spacial score (nSPS) is 19.1. The Morgan fingerprint density at radius 1 is 1.75 bits per heavy atom. The Morgan fingerprint density at radius 2 is 2.42 bits per heavy atom. The predicted molar refractivity (Wildman–Crippen MR) is 45.1 cm³/mol. The first kappa shape index (κ1) is 9.48. The molecule has 0 saturated heterocycles. The maximum atomic E-state index is 10.3. The summed E-state index contributed by atoms with van der Waals surface area (Å²) in [4.78, 5) is 15.1. The third-order valence-corrected chi connectivity index (χ3v) is 1.88. The van der Waals surface area contributed by atoms with E-state index in [2.05, 4.69) is 5.48 Å². The third-order valence-electron chi connectivity index (χ3n) is 1.88. The van der Waals surface area contributed by atoms with Crippen LogP contribution >= 0.6 is 0 Å². The number of rotatable bonds is 6. The van der Waals surface area contributed by atoms with Gasteiger partial charge >= 0.3 is 0 Å². The molecule has 0 spiro atoms. The molecule has 1 saturated carbocycles. The molecule has 12 heavy (non-hydrogen) atoms. The van der Waals surface area contributed by atoms with E-state index in [1.54, 1.807) is 0 Å². The molecule has 1 aliphatic rings. The van der Waals surface area contributed by atoms with Crippen molar-refractivity contribution in [3.8, 4) is 0 Å². The molecule has 70 valence electrons. The smallest absolute Gasteiger partial charge is 0.245 e. The average molecular weight is 172 g/mol. The number of hydrogen-bond acceptors (Lipinski definition) is 3. The van der Waals surface area contributed by atoms with Gasteiger partial charge in [-0.3, -0.25) is 9.63 Å². The monoisotopic (exact) mass is 172 g/mol. The summed E-state index contributed by atoms with van der Waals surface area (Å²) in [5.41, 5.74) is 7.67. The maximum Gasteiger partial charge on any atom is 0.245 e. The van der Waals surface area contributed by atoms with Crippen molar-refractivity contribution >= 4 is 5.91 Å². The van der Waals surface area contributed by atoms with E-state index in [0.717, 1.165) is 12.3 Å². The molecule has 1 amide bonds. The highest BCUT2D eigenvalue weighted by atomic mass is 16.6. The van der Waals surface area contributed by atoms with Crippen molar-refractivity contribution in [2.24, 2.45) is 11.7 Å². The summed E-state index contributed by atoms with van der Waals surface area (Å²) in [6.07, 6.45) is 3.79. The van der Waals surface area contributed by atoms with Gasteiger partial charge in [0.05, 0.1) is 0 Å². The first-order chi connectivity index (χ1) is 5.68. The van der Waals surface area contributed by atoms with Crippen molar-refractivity contribution in [2.45, 2.75) is 32.2 Å². The second-order valence-corrected chi connectivity index (χ2v) is 3.45. The lowest BCUT2D eigenvalue weighted by atomic mass is 10.2. The number of hydroxylamine groups is 1. The van der Waals surface area contributed by atoms with Crippen molar-refractivity contribution in [1.82, 2.24) is 5.48 Å². The number of nitrogens with one attached hydrogen (secondary N) is 1.